The number of carbonyl (C=O) groups is 1. The highest BCUT2D eigenvalue weighted by atomic mass is 79.9. The average Bonchev–Trinajstić information content (AvgIpc) is 2.35. The lowest BCUT2D eigenvalue weighted by Gasteiger charge is -2.05. The second-order valence-electron chi connectivity index (χ2n) is 3.05. The first-order chi connectivity index (χ1) is 8.12. The number of halogens is 1. The third-order valence-electron chi connectivity index (χ3n) is 2.02. The van der Waals surface area contributed by atoms with Crippen LogP contribution in [0, 0.1) is 11.3 Å². The second kappa shape index (κ2) is 6.06. The maximum absolute atomic E-state index is 11.3. The largest absolute Gasteiger partial charge is 0.496 e. The van der Waals surface area contributed by atoms with Crippen molar-refractivity contribution in [1.82, 2.24) is 0 Å². The molecule has 0 atom stereocenters. The van der Waals surface area contributed by atoms with Gasteiger partial charge in [-0.25, -0.2) is 4.79 Å². The van der Waals surface area contributed by atoms with Crippen molar-refractivity contribution in [3.8, 4) is 11.8 Å². The van der Waals surface area contributed by atoms with Crippen molar-refractivity contribution in [2.24, 2.45) is 0 Å². The van der Waals surface area contributed by atoms with Gasteiger partial charge in [0, 0.05) is 10.0 Å². The second-order valence-corrected chi connectivity index (χ2v) is 3.96. The summed E-state index contributed by atoms with van der Waals surface area (Å²) in [4.78, 5) is 11.3. The van der Waals surface area contributed by atoms with Crippen molar-refractivity contribution in [2.75, 3.05) is 14.2 Å². The number of hydrogen-bond acceptors (Lipinski definition) is 4. The molecule has 0 saturated heterocycles. The van der Waals surface area contributed by atoms with E-state index in [-0.39, 0.29) is 5.57 Å². The minimum atomic E-state index is -0.672. The van der Waals surface area contributed by atoms with Crippen molar-refractivity contribution in [1.29, 1.82) is 5.26 Å². The molecule has 0 aliphatic heterocycles. The molecule has 1 aromatic carbocycles. The van der Waals surface area contributed by atoms with E-state index >= 15 is 0 Å². The van der Waals surface area contributed by atoms with Crippen LogP contribution in [0.5, 0.6) is 5.75 Å². The molecule has 0 N–H and O–H groups in total. The number of carbonyl (C=O) groups excluding carboxylic acids is 1. The summed E-state index contributed by atoms with van der Waals surface area (Å²) < 4.78 is 10.5. The molecule has 0 amide bonds. The quantitative estimate of drug-likeness (QED) is 0.488. The summed E-state index contributed by atoms with van der Waals surface area (Å²) in [6.45, 7) is 0. The molecule has 0 heterocycles. The van der Waals surface area contributed by atoms with Gasteiger partial charge in [-0.3, -0.25) is 0 Å². The molecule has 0 spiro atoms. The van der Waals surface area contributed by atoms with Crippen LogP contribution in [0.2, 0.25) is 0 Å². The molecule has 0 radical (unpaired) electrons. The molecule has 0 unspecified atom stereocenters. The van der Waals surface area contributed by atoms with Gasteiger partial charge < -0.3 is 9.47 Å². The molecule has 1 rings (SSSR count). The Morgan fingerprint density at radius 2 is 2.18 bits per heavy atom. The predicted octanol–water partition coefficient (Wildman–Crippen LogP) is 2.54. The lowest BCUT2D eigenvalue weighted by Crippen LogP contribution is -2.02. The first kappa shape index (κ1) is 13.3. The van der Waals surface area contributed by atoms with Gasteiger partial charge in [-0.05, 0) is 24.3 Å². The van der Waals surface area contributed by atoms with Crippen molar-refractivity contribution in [3.05, 3.63) is 33.8 Å². The molecule has 0 saturated carbocycles. The molecule has 0 aliphatic rings. The van der Waals surface area contributed by atoms with Gasteiger partial charge >= 0.3 is 5.97 Å². The highest BCUT2D eigenvalue weighted by molar-refractivity contribution is 9.10. The number of esters is 1. The summed E-state index contributed by atoms with van der Waals surface area (Å²) in [5.74, 6) is -0.0978. The van der Waals surface area contributed by atoms with E-state index in [0.717, 1.165) is 4.47 Å². The molecule has 0 bridgehead atoms. The van der Waals surface area contributed by atoms with Crippen molar-refractivity contribution < 1.29 is 14.3 Å². The summed E-state index contributed by atoms with van der Waals surface area (Å²) in [5.41, 5.74) is 0.549. The van der Waals surface area contributed by atoms with E-state index in [4.69, 9.17) is 10.00 Å². The third kappa shape index (κ3) is 3.33. The van der Waals surface area contributed by atoms with Gasteiger partial charge in [0.15, 0.2) is 0 Å². The number of nitriles is 1. The van der Waals surface area contributed by atoms with Gasteiger partial charge in [0.1, 0.15) is 17.4 Å². The molecule has 5 heteroatoms. The molecule has 0 fully saturated rings. The SMILES string of the molecule is COC(=O)/C(C#N)=C\c1cc(Br)ccc1OC. The molecule has 0 aromatic heterocycles. The number of hydrogen-bond donors (Lipinski definition) is 0. The van der Waals surface area contributed by atoms with Crippen LogP contribution >= 0.6 is 15.9 Å². The number of methoxy groups -OCH3 is 2. The average molecular weight is 296 g/mol. The summed E-state index contributed by atoms with van der Waals surface area (Å²) in [5, 5.41) is 8.85. The van der Waals surface area contributed by atoms with E-state index in [1.54, 1.807) is 24.3 Å². The minimum absolute atomic E-state index is 0.0797. The summed E-state index contributed by atoms with van der Waals surface area (Å²) >= 11 is 3.31. The molecule has 4 nitrogen and oxygen atoms in total. The fraction of sp³-hybridized carbons (Fsp3) is 0.167. The van der Waals surface area contributed by atoms with E-state index in [0.29, 0.717) is 11.3 Å². The van der Waals surface area contributed by atoms with Crippen LogP contribution in [0.4, 0.5) is 0 Å². The molecule has 1 aromatic rings. The van der Waals surface area contributed by atoms with Gasteiger partial charge in [-0.15, -0.1) is 0 Å². The Hall–Kier alpha value is -1.80. The lowest BCUT2D eigenvalue weighted by molar-refractivity contribution is -0.135. The zero-order valence-electron chi connectivity index (χ0n) is 9.36. The van der Waals surface area contributed by atoms with Crippen LogP contribution in [0.15, 0.2) is 28.2 Å². The fourth-order valence-corrected chi connectivity index (χ4v) is 1.60. The Bertz CT molecular complexity index is 503. The lowest BCUT2D eigenvalue weighted by atomic mass is 10.1. The Labute approximate surface area is 108 Å². The number of rotatable bonds is 3. The molecular weight excluding hydrogens is 286 g/mol. The standard InChI is InChI=1S/C12H10BrNO3/c1-16-11-4-3-10(13)6-8(11)5-9(7-14)12(15)17-2/h3-6H,1-2H3/b9-5-. The Balaban J connectivity index is 3.24. The molecule has 17 heavy (non-hydrogen) atoms. The zero-order valence-corrected chi connectivity index (χ0v) is 10.9. The topological polar surface area (TPSA) is 59.3 Å². The Kier molecular flexibility index (Phi) is 4.73. The highest BCUT2D eigenvalue weighted by Gasteiger charge is 2.10. The smallest absolute Gasteiger partial charge is 0.348 e. The summed E-state index contributed by atoms with van der Waals surface area (Å²) in [6, 6.07) is 7.08. The van der Waals surface area contributed by atoms with Crippen LogP contribution in [0.1, 0.15) is 5.56 Å². The van der Waals surface area contributed by atoms with Crippen LogP contribution < -0.4 is 4.74 Å². The van der Waals surface area contributed by atoms with Crippen molar-refractivity contribution >= 4 is 28.0 Å². The number of nitrogens with zero attached hydrogens (tertiary/aromatic N) is 1. The molecule has 88 valence electrons. The summed E-state index contributed by atoms with van der Waals surface area (Å²) in [7, 11) is 2.75. The number of benzene rings is 1. The van der Waals surface area contributed by atoms with E-state index in [1.807, 2.05) is 0 Å². The molecular formula is C12H10BrNO3. The first-order valence-corrected chi connectivity index (χ1v) is 5.45. The van der Waals surface area contributed by atoms with Crippen LogP contribution in [0.25, 0.3) is 6.08 Å². The number of ether oxygens (including phenoxy) is 2. The zero-order chi connectivity index (χ0) is 12.8. The molecule has 0 aliphatic carbocycles. The maximum Gasteiger partial charge on any atom is 0.348 e. The van der Waals surface area contributed by atoms with Crippen LogP contribution in [-0.4, -0.2) is 20.2 Å². The predicted molar refractivity (Wildman–Crippen MR) is 66.3 cm³/mol. The van der Waals surface area contributed by atoms with Crippen molar-refractivity contribution in [2.45, 2.75) is 0 Å². The van der Waals surface area contributed by atoms with E-state index in [2.05, 4.69) is 20.7 Å². The van der Waals surface area contributed by atoms with Gasteiger partial charge in [0.2, 0.25) is 0 Å². The first-order valence-electron chi connectivity index (χ1n) is 4.66. The van der Waals surface area contributed by atoms with E-state index in [1.165, 1.54) is 20.3 Å². The van der Waals surface area contributed by atoms with E-state index in [9.17, 15) is 4.79 Å². The van der Waals surface area contributed by atoms with E-state index < -0.39 is 5.97 Å². The van der Waals surface area contributed by atoms with Gasteiger partial charge in [-0.2, -0.15) is 5.26 Å². The van der Waals surface area contributed by atoms with Crippen LogP contribution in [-0.2, 0) is 9.53 Å². The Morgan fingerprint density at radius 3 is 2.71 bits per heavy atom. The Morgan fingerprint density at radius 1 is 1.47 bits per heavy atom. The fourth-order valence-electron chi connectivity index (χ4n) is 1.22. The van der Waals surface area contributed by atoms with Gasteiger partial charge in [0.05, 0.1) is 14.2 Å². The maximum atomic E-state index is 11.3. The van der Waals surface area contributed by atoms with Crippen LogP contribution in [0.3, 0.4) is 0 Å². The normalized spacial score (nSPS) is 10.6. The highest BCUT2D eigenvalue weighted by Crippen LogP contribution is 2.25. The monoisotopic (exact) mass is 295 g/mol. The van der Waals surface area contributed by atoms with Crippen molar-refractivity contribution in [3.63, 3.8) is 0 Å². The van der Waals surface area contributed by atoms with Gasteiger partial charge in [-0.1, -0.05) is 15.9 Å². The van der Waals surface area contributed by atoms with Gasteiger partial charge in [0.25, 0.3) is 0 Å². The third-order valence-corrected chi connectivity index (χ3v) is 2.51. The summed E-state index contributed by atoms with van der Waals surface area (Å²) in [6.07, 6.45) is 1.43. The minimum Gasteiger partial charge on any atom is -0.496 e.